The van der Waals surface area contributed by atoms with Crippen LogP contribution in [0.2, 0.25) is 0 Å². The van der Waals surface area contributed by atoms with Crippen molar-refractivity contribution in [2.24, 2.45) is 0 Å². The van der Waals surface area contributed by atoms with Gasteiger partial charge in [0.2, 0.25) is 5.91 Å². The zero-order valence-corrected chi connectivity index (χ0v) is 16.3. The molecule has 0 unspecified atom stereocenters. The Morgan fingerprint density at radius 1 is 1.10 bits per heavy atom. The molecule has 0 radical (unpaired) electrons. The average molecular weight is 395 g/mol. The topological polar surface area (TPSA) is 121 Å². The van der Waals surface area contributed by atoms with Gasteiger partial charge in [0, 0.05) is 29.3 Å². The molecule has 29 heavy (non-hydrogen) atoms. The Labute approximate surface area is 167 Å². The average Bonchev–Trinajstić information content (AvgIpc) is 2.87. The summed E-state index contributed by atoms with van der Waals surface area (Å²) in [7, 11) is 0. The van der Waals surface area contributed by atoms with Crippen molar-refractivity contribution < 1.29 is 19.2 Å². The number of urea groups is 1. The highest BCUT2D eigenvalue weighted by Crippen LogP contribution is 2.23. The van der Waals surface area contributed by atoms with Gasteiger partial charge in [-0.2, -0.15) is 0 Å². The molecule has 0 aliphatic carbocycles. The normalized spacial score (nSPS) is 15.1. The Kier molecular flexibility index (Phi) is 5.31. The van der Waals surface area contributed by atoms with E-state index in [-0.39, 0.29) is 12.5 Å². The number of benzene rings is 1. The fraction of sp³-hybridized carbons (Fsp3) is 0.250. The lowest BCUT2D eigenvalue weighted by atomic mass is 10.0. The monoisotopic (exact) mass is 395 g/mol. The molecule has 1 aromatic heterocycles. The maximum absolute atomic E-state index is 12.4. The van der Waals surface area contributed by atoms with Crippen LogP contribution in [0.3, 0.4) is 0 Å². The maximum Gasteiger partial charge on any atom is 0.325 e. The Hall–Kier alpha value is -3.75. The molecule has 1 aliphatic heterocycles. The van der Waals surface area contributed by atoms with Gasteiger partial charge < -0.3 is 15.5 Å². The van der Waals surface area contributed by atoms with Crippen molar-refractivity contribution in [3.05, 3.63) is 53.9 Å². The first-order valence-electron chi connectivity index (χ1n) is 8.93. The zero-order valence-electron chi connectivity index (χ0n) is 16.3. The quantitative estimate of drug-likeness (QED) is 0.668. The minimum atomic E-state index is -1.11. The molecule has 3 rings (SSSR count). The van der Waals surface area contributed by atoms with E-state index in [9.17, 15) is 19.2 Å². The maximum atomic E-state index is 12.4. The van der Waals surface area contributed by atoms with E-state index in [1.807, 2.05) is 6.92 Å². The number of pyridine rings is 1. The molecular weight excluding hydrogens is 374 g/mol. The first-order valence-corrected chi connectivity index (χ1v) is 8.93. The number of nitrogens with zero attached hydrogens (tertiary/aromatic N) is 2. The lowest BCUT2D eigenvalue weighted by molar-refractivity contribution is -0.126. The fourth-order valence-electron chi connectivity index (χ4n) is 2.84. The number of imide groups is 1. The second-order valence-electron chi connectivity index (χ2n) is 7.17. The molecule has 0 atom stereocenters. The van der Waals surface area contributed by atoms with Crippen molar-refractivity contribution in [1.29, 1.82) is 0 Å². The Morgan fingerprint density at radius 3 is 2.41 bits per heavy atom. The van der Waals surface area contributed by atoms with Crippen LogP contribution in [-0.2, 0) is 9.59 Å². The molecular formula is C20H21N5O4. The molecule has 0 bridgehead atoms. The minimum absolute atomic E-state index is 0.281. The molecule has 5 amide bonds. The van der Waals surface area contributed by atoms with Gasteiger partial charge in [-0.15, -0.1) is 0 Å². The van der Waals surface area contributed by atoms with Crippen molar-refractivity contribution in [1.82, 2.24) is 15.2 Å². The molecule has 1 aromatic carbocycles. The van der Waals surface area contributed by atoms with Crippen molar-refractivity contribution in [3.8, 4) is 0 Å². The molecule has 1 aliphatic rings. The number of anilines is 2. The van der Waals surface area contributed by atoms with Crippen molar-refractivity contribution in [3.63, 3.8) is 0 Å². The van der Waals surface area contributed by atoms with E-state index in [1.165, 1.54) is 17.3 Å². The van der Waals surface area contributed by atoms with Crippen LogP contribution in [-0.4, -0.2) is 45.7 Å². The second-order valence-corrected chi connectivity index (χ2v) is 7.17. The number of rotatable bonds is 5. The minimum Gasteiger partial charge on any atom is -0.324 e. The highest BCUT2D eigenvalue weighted by atomic mass is 16.2. The third kappa shape index (κ3) is 4.23. The van der Waals surface area contributed by atoms with Crippen molar-refractivity contribution in [2.45, 2.75) is 26.3 Å². The number of nitrogens with one attached hydrogen (secondary N) is 3. The number of amides is 5. The molecule has 2 heterocycles. The van der Waals surface area contributed by atoms with Gasteiger partial charge in [-0.3, -0.25) is 24.7 Å². The van der Waals surface area contributed by atoms with E-state index in [0.717, 1.165) is 5.56 Å². The van der Waals surface area contributed by atoms with Gasteiger partial charge in [0.15, 0.2) is 0 Å². The summed E-state index contributed by atoms with van der Waals surface area (Å²) in [6.07, 6.45) is 3.05. The van der Waals surface area contributed by atoms with E-state index in [0.29, 0.717) is 16.9 Å². The van der Waals surface area contributed by atoms with Gasteiger partial charge in [0.1, 0.15) is 12.1 Å². The van der Waals surface area contributed by atoms with Gasteiger partial charge in [-0.25, -0.2) is 4.79 Å². The standard InChI is InChI=1S/C20H21N5O4/c1-12-4-5-14(10-15(12)23-17(27)13-6-8-21-9-7-13)22-16(26)11-25-19(29)24-18(28)20(25,2)3/h4-10H,11H2,1-3H3,(H,22,26)(H,23,27)(H,24,28,29). The number of aromatic nitrogens is 1. The second kappa shape index (κ2) is 7.70. The SMILES string of the molecule is Cc1ccc(NC(=O)CN2C(=O)NC(=O)C2(C)C)cc1NC(=O)c1ccncc1. The summed E-state index contributed by atoms with van der Waals surface area (Å²) in [4.78, 5) is 53.5. The molecule has 0 spiro atoms. The van der Waals surface area contributed by atoms with E-state index in [4.69, 9.17) is 0 Å². The van der Waals surface area contributed by atoms with Gasteiger partial charge in [-0.1, -0.05) is 6.07 Å². The van der Waals surface area contributed by atoms with Crippen LogP contribution in [0.5, 0.6) is 0 Å². The molecule has 9 nitrogen and oxygen atoms in total. The lowest BCUT2D eigenvalue weighted by Crippen LogP contribution is -2.47. The van der Waals surface area contributed by atoms with Crippen LogP contribution in [0.1, 0.15) is 29.8 Å². The third-order valence-electron chi connectivity index (χ3n) is 4.71. The number of hydrogen-bond donors (Lipinski definition) is 3. The smallest absolute Gasteiger partial charge is 0.324 e. The van der Waals surface area contributed by atoms with Crippen LogP contribution >= 0.6 is 0 Å². The van der Waals surface area contributed by atoms with Crippen LogP contribution < -0.4 is 16.0 Å². The zero-order chi connectivity index (χ0) is 21.2. The lowest BCUT2D eigenvalue weighted by Gasteiger charge is -2.27. The van der Waals surface area contributed by atoms with Crippen LogP contribution in [0.25, 0.3) is 0 Å². The first kappa shape index (κ1) is 20.0. The summed E-state index contributed by atoms with van der Waals surface area (Å²) >= 11 is 0. The Balaban J connectivity index is 1.70. The first-order chi connectivity index (χ1) is 13.7. The molecule has 1 saturated heterocycles. The van der Waals surface area contributed by atoms with E-state index in [2.05, 4.69) is 20.9 Å². The van der Waals surface area contributed by atoms with Crippen molar-refractivity contribution in [2.75, 3.05) is 17.2 Å². The van der Waals surface area contributed by atoms with E-state index in [1.54, 1.807) is 44.2 Å². The van der Waals surface area contributed by atoms with Crippen LogP contribution in [0.4, 0.5) is 16.2 Å². The predicted octanol–water partition coefficient (Wildman–Crippen LogP) is 1.91. The molecule has 9 heteroatoms. The van der Waals surface area contributed by atoms with Crippen molar-refractivity contribution >= 4 is 35.1 Å². The number of aryl methyl sites for hydroxylation is 1. The molecule has 1 fully saturated rings. The largest absolute Gasteiger partial charge is 0.325 e. The van der Waals surface area contributed by atoms with Crippen LogP contribution in [0, 0.1) is 6.92 Å². The molecule has 0 saturated carbocycles. The number of carbonyl (C=O) groups is 4. The summed E-state index contributed by atoms with van der Waals surface area (Å²) in [6, 6.07) is 7.67. The summed E-state index contributed by atoms with van der Waals surface area (Å²) < 4.78 is 0. The van der Waals surface area contributed by atoms with Gasteiger partial charge in [0.25, 0.3) is 11.8 Å². The van der Waals surface area contributed by atoms with Gasteiger partial charge in [0.05, 0.1) is 0 Å². The predicted molar refractivity (Wildman–Crippen MR) is 106 cm³/mol. The summed E-state index contributed by atoms with van der Waals surface area (Å²) in [5.41, 5.74) is 1.16. The molecule has 2 aromatic rings. The Morgan fingerprint density at radius 2 is 1.79 bits per heavy atom. The highest BCUT2D eigenvalue weighted by Gasteiger charge is 2.46. The van der Waals surface area contributed by atoms with Gasteiger partial charge in [-0.05, 0) is 50.6 Å². The summed E-state index contributed by atoms with van der Waals surface area (Å²) in [5.74, 6) is -1.21. The van der Waals surface area contributed by atoms with E-state index >= 15 is 0 Å². The summed E-state index contributed by atoms with van der Waals surface area (Å²) in [5, 5.41) is 7.69. The van der Waals surface area contributed by atoms with Gasteiger partial charge >= 0.3 is 6.03 Å². The Bertz CT molecular complexity index is 988. The highest BCUT2D eigenvalue weighted by molar-refractivity contribution is 6.08. The third-order valence-corrected chi connectivity index (χ3v) is 4.71. The van der Waals surface area contributed by atoms with E-state index < -0.39 is 23.4 Å². The number of carbonyl (C=O) groups excluding carboxylic acids is 4. The summed E-state index contributed by atoms with van der Waals surface area (Å²) in [6.45, 7) is 4.69. The molecule has 150 valence electrons. The molecule has 3 N–H and O–H groups in total. The van der Waals surface area contributed by atoms with Crippen LogP contribution in [0.15, 0.2) is 42.7 Å². The fourth-order valence-corrected chi connectivity index (χ4v) is 2.84. The number of hydrogen-bond acceptors (Lipinski definition) is 5.